The maximum atomic E-state index is 13.8. The second kappa shape index (κ2) is 10.2. The fourth-order valence-corrected chi connectivity index (χ4v) is 5.68. The molecule has 3 aromatic rings. The first-order valence-electron chi connectivity index (χ1n) is 11.9. The molecule has 3 aromatic carbocycles. The summed E-state index contributed by atoms with van der Waals surface area (Å²) in [7, 11) is 0. The van der Waals surface area contributed by atoms with Gasteiger partial charge in [0.25, 0.3) is 0 Å². The molecule has 5 rings (SSSR count). The normalized spacial score (nSPS) is 16.0. The molecule has 1 spiro atoms. The third-order valence-electron chi connectivity index (χ3n) is 7.04. The molecule has 10 heteroatoms. The van der Waals surface area contributed by atoms with Gasteiger partial charge in [-0.1, -0.05) is 63.9 Å². The number of hydrogen-bond donors (Lipinski definition) is 1. The summed E-state index contributed by atoms with van der Waals surface area (Å²) in [4.78, 5) is 27.1. The number of fused-ring (bicyclic) bond motifs is 2. The molecule has 0 radical (unpaired) electrons. The van der Waals surface area contributed by atoms with Crippen molar-refractivity contribution in [1.29, 1.82) is 0 Å². The molecule has 1 fully saturated rings. The Bertz CT molecular complexity index is 1330. The number of primary amides is 1. The van der Waals surface area contributed by atoms with E-state index in [1.165, 1.54) is 23.2 Å². The van der Waals surface area contributed by atoms with E-state index < -0.39 is 11.8 Å². The van der Waals surface area contributed by atoms with Crippen LogP contribution in [0.15, 0.2) is 71.2 Å². The van der Waals surface area contributed by atoms with E-state index in [4.69, 9.17) is 22.1 Å². The van der Waals surface area contributed by atoms with Gasteiger partial charge in [-0.05, 0) is 54.3 Å². The Labute approximate surface area is 227 Å². The molecule has 7 nitrogen and oxygen atoms in total. The lowest BCUT2D eigenvalue weighted by Crippen LogP contribution is -2.53. The zero-order valence-corrected chi connectivity index (χ0v) is 22.2. The smallest absolute Gasteiger partial charge is 0.410 e. The Morgan fingerprint density at radius 2 is 1.81 bits per heavy atom. The Morgan fingerprint density at radius 3 is 2.49 bits per heavy atom. The van der Waals surface area contributed by atoms with Crippen LogP contribution in [0.1, 0.15) is 24.0 Å². The van der Waals surface area contributed by atoms with Crippen LogP contribution in [0.3, 0.4) is 0 Å². The number of nitrogens with two attached hydrogens (primary N) is 1. The van der Waals surface area contributed by atoms with Crippen molar-refractivity contribution in [2.45, 2.75) is 24.9 Å². The summed E-state index contributed by atoms with van der Waals surface area (Å²) in [5.74, 6) is -0.581. The van der Waals surface area contributed by atoms with Crippen LogP contribution in [0.2, 0.25) is 5.02 Å². The lowest BCUT2D eigenvalue weighted by atomic mass is 9.74. The Kier molecular flexibility index (Phi) is 7.00. The molecule has 3 amide bonds. The number of urea groups is 1. The van der Waals surface area contributed by atoms with Gasteiger partial charge < -0.3 is 15.4 Å². The summed E-state index contributed by atoms with van der Waals surface area (Å²) in [5.41, 5.74) is 8.68. The first kappa shape index (κ1) is 25.4. The average Bonchev–Trinajstić information content (AvgIpc) is 3.18. The number of nitrogens with zero attached hydrogens (tertiary/aromatic N) is 3. The van der Waals surface area contributed by atoms with Gasteiger partial charge in [0.2, 0.25) is 0 Å². The van der Waals surface area contributed by atoms with Gasteiger partial charge in [-0.15, -0.1) is 0 Å². The Balaban J connectivity index is 1.37. The number of rotatable bonds is 4. The third kappa shape index (κ3) is 4.98. The fraction of sp³-hybridized carbons (Fsp3) is 0.259. The quantitative estimate of drug-likeness (QED) is 0.392. The van der Waals surface area contributed by atoms with Gasteiger partial charge in [0.15, 0.2) is 0 Å². The average molecular weight is 588 g/mol. The van der Waals surface area contributed by atoms with Crippen LogP contribution >= 0.6 is 27.5 Å². The predicted molar refractivity (Wildman–Crippen MR) is 144 cm³/mol. The van der Waals surface area contributed by atoms with E-state index in [0.717, 1.165) is 21.3 Å². The molecule has 192 valence electrons. The summed E-state index contributed by atoms with van der Waals surface area (Å²) < 4.78 is 20.2. The maximum Gasteiger partial charge on any atom is 0.410 e. The van der Waals surface area contributed by atoms with E-state index in [9.17, 15) is 14.0 Å². The second-order valence-electron chi connectivity index (χ2n) is 9.28. The fourth-order valence-electron chi connectivity index (χ4n) is 5.16. The van der Waals surface area contributed by atoms with E-state index in [1.54, 1.807) is 4.90 Å². The highest BCUT2D eigenvalue weighted by atomic mass is 79.9. The van der Waals surface area contributed by atoms with Crippen molar-refractivity contribution < 1.29 is 18.7 Å². The number of piperidine rings is 1. The van der Waals surface area contributed by atoms with Crippen LogP contribution in [-0.2, 0) is 16.8 Å². The van der Waals surface area contributed by atoms with Gasteiger partial charge in [-0.2, -0.15) is 0 Å². The minimum atomic E-state index is -0.715. The van der Waals surface area contributed by atoms with Gasteiger partial charge in [-0.3, -0.25) is 5.01 Å². The van der Waals surface area contributed by atoms with Gasteiger partial charge in [0.1, 0.15) is 12.4 Å². The second-order valence-corrected chi connectivity index (χ2v) is 10.6. The summed E-state index contributed by atoms with van der Waals surface area (Å²) in [6.07, 6.45) is 1.01. The number of likely N-dealkylation sites (tertiary alicyclic amines) is 1. The van der Waals surface area contributed by atoms with E-state index in [1.807, 2.05) is 53.5 Å². The minimum Gasteiger partial charge on any atom is -0.445 e. The molecule has 0 bridgehead atoms. The molecule has 37 heavy (non-hydrogen) atoms. The first-order valence-corrected chi connectivity index (χ1v) is 13.0. The van der Waals surface area contributed by atoms with Crippen LogP contribution < -0.4 is 15.8 Å². The molecule has 1 saturated heterocycles. The van der Waals surface area contributed by atoms with Crippen molar-refractivity contribution in [2.24, 2.45) is 5.73 Å². The number of carbonyl (C=O) groups excluding carboxylic acids is 2. The molecule has 0 unspecified atom stereocenters. The molecular formula is C27H25BrClFN4O3. The highest BCUT2D eigenvalue weighted by Crippen LogP contribution is 2.49. The van der Waals surface area contributed by atoms with Crippen molar-refractivity contribution in [2.75, 3.05) is 29.7 Å². The van der Waals surface area contributed by atoms with Gasteiger partial charge in [0, 0.05) is 23.0 Å². The third-order valence-corrected chi connectivity index (χ3v) is 7.83. The highest BCUT2D eigenvalue weighted by Gasteiger charge is 2.48. The minimum absolute atomic E-state index is 0.102. The highest BCUT2D eigenvalue weighted by molar-refractivity contribution is 9.10. The molecule has 2 aliphatic rings. The van der Waals surface area contributed by atoms with E-state index in [-0.39, 0.29) is 23.1 Å². The van der Waals surface area contributed by atoms with Crippen LogP contribution in [0, 0.1) is 5.82 Å². The number of hydrogen-bond acceptors (Lipinski definition) is 4. The van der Waals surface area contributed by atoms with E-state index in [2.05, 4.69) is 15.9 Å². The zero-order valence-electron chi connectivity index (χ0n) is 19.9. The number of carbonyl (C=O) groups is 2. The maximum absolute atomic E-state index is 13.8. The van der Waals surface area contributed by atoms with Crippen LogP contribution in [0.5, 0.6) is 0 Å². The van der Waals surface area contributed by atoms with Crippen LogP contribution in [-0.4, -0.2) is 36.7 Å². The topological polar surface area (TPSA) is 79.1 Å². The molecular weight excluding hydrogens is 563 g/mol. The number of anilines is 2. The Hall–Kier alpha value is -3.30. The molecule has 0 aliphatic carbocycles. The lowest BCUT2D eigenvalue weighted by molar-refractivity contribution is 0.0789. The van der Waals surface area contributed by atoms with E-state index >= 15 is 0 Å². The summed E-state index contributed by atoms with van der Waals surface area (Å²) >= 11 is 9.55. The zero-order chi connectivity index (χ0) is 26.2. The van der Waals surface area contributed by atoms with Crippen LogP contribution in [0.4, 0.5) is 25.4 Å². The number of hydrazine groups is 1. The number of benzene rings is 3. The Morgan fingerprint density at radius 1 is 1.08 bits per heavy atom. The van der Waals surface area contributed by atoms with Crippen LogP contribution in [0.25, 0.3) is 0 Å². The predicted octanol–water partition coefficient (Wildman–Crippen LogP) is 6.23. The molecule has 2 N–H and O–H groups in total. The standard InChI is InChI=1S/C27H25BrClFN4O3/c28-19-6-8-21-24(14-19)33(34(25(31)35)20-7-9-23(30)22(29)15-20)17-27(21)10-12-32(13-11-27)26(36)37-16-18-4-2-1-3-5-18/h1-9,14-15H,10-13,16-17H2,(H2,31,35). The molecule has 0 saturated carbocycles. The van der Waals surface area contributed by atoms with Crippen molar-refractivity contribution in [3.05, 3.63) is 93.2 Å². The molecule has 0 atom stereocenters. The monoisotopic (exact) mass is 586 g/mol. The van der Waals surface area contributed by atoms with Crippen molar-refractivity contribution in [1.82, 2.24) is 4.90 Å². The van der Waals surface area contributed by atoms with Gasteiger partial charge in [-0.25, -0.2) is 19.0 Å². The number of amides is 3. The number of halogens is 3. The van der Waals surface area contributed by atoms with Crippen molar-refractivity contribution in [3.8, 4) is 0 Å². The van der Waals surface area contributed by atoms with Crippen molar-refractivity contribution in [3.63, 3.8) is 0 Å². The van der Waals surface area contributed by atoms with Crippen molar-refractivity contribution >= 4 is 51.0 Å². The number of ether oxygens (including phenoxy) is 1. The summed E-state index contributed by atoms with van der Waals surface area (Å²) in [5, 5.41) is 3.04. The molecule has 2 aliphatic heterocycles. The summed E-state index contributed by atoms with van der Waals surface area (Å²) in [6.45, 7) is 1.70. The lowest BCUT2D eigenvalue weighted by Gasteiger charge is -2.40. The van der Waals surface area contributed by atoms with Gasteiger partial charge >= 0.3 is 12.1 Å². The van der Waals surface area contributed by atoms with Gasteiger partial charge in [0.05, 0.1) is 22.9 Å². The SMILES string of the molecule is NC(=O)N(c1ccc(F)c(Cl)c1)N1CC2(CCN(C(=O)OCc3ccccc3)CC2)c2ccc(Br)cc21. The molecule has 2 heterocycles. The first-order chi connectivity index (χ1) is 17.8. The molecule has 0 aromatic heterocycles. The van der Waals surface area contributed by atoms with E-state index in [0.29, 0.717) is 38.2 Å². The summed E-state index contributed by atoms with van der Waals surface area (Å²) in [6, 6.07) is 18.9. The largest absolute Gasteiger partial charge is 0.445 e.